The van der Waals surface area contributed by atoms with Crippen LogP contribution in [0.15, 0.2) is 36.5 Å². The van der Waals surface area contributed by atoms with Gasteiger partial charge in [-0.25, -0.2) is 9.78 Å². The zero-order chi connectivity index (χ0) is 16.8. The molecule has 7 heteroatoms. The van der Waals surface area contributed by atoms with E-state index in [1.165, 1.54) is 0 Å². The first-order valence-electron chi connectivity index (χ1n) is 7.12. The number of rotatable bonds is 5. The smallest absolute Gasteiger partial charge is 0.319 e. The Labute approximate surface area is 140 Å². The van der Waals surface area contributed by atoms with Crippen LogP contribution in [0.5, 0.6) is 5.75 Å². The number of hydrogen-bond acceptors (Lipinski definition) is 4. The zero-order valence-corrected chi connectivity index (χ0v) is 13.9. The molecule has 122 valence electrons. The average Bonchev–Trinajstić information content (AvgIpc) is 2.48. The van der Waals surface area contributed by atoms with Crippen molar-refractivity contribution >= 4 is 34.8 Å². The number of halogens is 1. The van der Waals surface area contributed by atoms with Crippen LogP contribution >= 0.6 is 11.6 Å². The lowest BCUT2D eigenvalue weighted by molar-refractivity contribution is 0.250. The standard InChI is InChI=1S/C16H19ClN4O2/c1-10(2)19-16(22)21-12-5-7-15(18-9-12)20-11-4-6-14(23-3)13(17)8-11/h4-10H,1-3H3,(H,18,20)(H2,19,21,22). The van der Waals surface area contributed by atoms with Crippen LogP contribution in [0.3, 0.4) is 0 Å². The van der Waals surface area contributed by atoms with Crippen LogP contribution in [0.4, 0.5) is 22.0 Å². The van der Waals surface area contributed by atoms with Gasteiger partial charge in [0, 0.05) is 11.7 Å². The number of nitrogens with one attached hydrogen (secondary N) is 3. The van der Waals surface area contributed by atoms with E-state index in [0.717, 1.165) is 5.69 Å². The number of carbonyl (C=O) groups excluding carboxylic acids is 1. The van der Waals surface area contributed by atoms with Gasteiger partial charge in [0.2, 0.25) is 0 Å². The largest absolute Gasteiger partial charge is 0.495 e. The van der Waals surface area contributed by atoms with Crippen molar-refractivity contribution in [1.29, 1.82) is 0 Å². The van der Waals surface area contributed by atoms with Crippen LogP contribution in [0.1, 0.15) is 13.8 Å². The van der Waals surface area contributed by atoms with Crippen LogP contribution in [0.25, 0.3) is 0 Å². The summed E-state index contributed by atoms with van der Waals surface area (Å²) in [6.45, 7) is 3.79. The maximum Gasteiger partial charge on any atom is 0.319 e. The summed E-state index contributed by atoms with van der Waals surface area (Å²) >= 11 is 6.08. The lowest BCUT2D eigenvalue weighted by atomic mass is 10.3. The molecule has 3 N–H and O–H groups in total. The van der Waals surface area contributed by atoms with Crippen LogP contribution in [-0.2, 0) is 0 Å². The minimum absolute atomic E-state index is 0.0729. The number of aromatic nitrogens is 1. The van der Waals surface area contributed by atoms with E-state index in [9.17, 15) is 4.79 Å². The van der Waals surface area contributed by atoms with Crippen molar-refractivity contribution in [2.75, 3.05) is 17.7 Å². The molecule has 23 heavy (non-hydrogen) atoms. The van der Waals surface area contributed by atoms with E-state index in [1.54, 1.807) is 37.6 Å². The Bertz CT molecular complexity index is 674. The first-order chi connectivity index (χ1) is 11.0. The molecule has 0 fully saturated rings. The maximum absolute atomic E-state index is 11.6. The Kier molecular flexibility index (Phi) is 5.65. The quantitative estimate of drug-likeness (QED) is 0.772. The second-order valence-corrected chi connectivity index (χ2v) is 5.57. The predicted molar refractivity (Wildman–Crippen MR) is 92.8 cm³/mol. The normalized spacial score (nSPS) is 10.3. The van der Waals surface area contributed by atoms with Crippen LogP contribution < -0.4 is 20.7 Å². The van der Waals surface area contributed by atoms with Crippen molar-refractivity contribution in [2.45, 2.75) is 19.9 Å². The summed E-state index contributed by atoms with van der Waals surface area (Å²) in [4.78, 5) is 15.9. The lowest BCUT2D eigenvalue weighted by Crippen LogP contribution is -2.34. The van der Waals surface area contributed by atoms with Crippen LogP contribution in [0.2, 0.25) is 5.02 Å². The van der Waals surface area contributed by atoms with Crippen molar-refractivity contribution in [3.05, 3.63) is 41.6 Å². The number of benzene rings is 1. The molecule has 1 aromatic carbocycles. The number of carbonyl (C=O) groups is 1. The third-order valence-electron chi connectivity index (χ3n) is 2.87. The highest BCUT2D eigenvalue weighted by Crippen LogP contribution is 2.28. The molecule has 0 saturated heterocycles. The van der Waals surface area contributed by atoms with Gasteiger partial charge in [-0.15, -0.1) is 0 Å². The molecule has 2 amide bonds. The number of ether oxygens (including phenoxy) is 1. The molecule has 6 nitrogen and oxygen atoms in total. The van der Waals surface area contributed by atoms with Gasteiger partial charge in [0.05, 0.1) is 24.0 Å². The van der Waals surface area contributed by atoms with E-state index in [0.29, 0.717) is 22.3 Å². The van der Waals surface area contributed by atoms with Gasteiger partial charge < -0.3 is 20.7 Å². The summed E-state index contributed by atoms with van der Waals surface area (Å²) in [6.07, 6.45) is 1.58. The number of hydrogen-bond donors (Lipinski definition) is 3. The number of nitrogens with zero attached hydrogens (tertiary/aromatic N) is 1. The molecule has 2 aromatic rings. The van der Waals surface area contributed by atoms with E-state index in [1.807, 2.05) is 19.9 Å². The van der Waals surface area contributed by atoms with E-state index in [-0.39, 0.29) is 12.1 Å². The van der Waals surface area contributed by atoms with E-state index >= 15 is 0 Å². The first-order valence-corrected chi connectivity index (χ1v) is 7.50. The SMILES string of the molecule is COc1ccc(Nc2ccc(NC(=O)NC(C)C)cn2)cc1Cl. The van der Waals surface area contributed by atoms with Gasteiger partial charge in [-0.05, 0) is 44.2 Å². The number of urea groups is 1. The minimum atomic E-state index is -0.260. The summed E-state index contributed by atoms with van der Waals surface area (Å²) in [7, 11) is 1.57. The van der Waals surface area contributed by atoms with Gasteiger partial charge in [0.15, 0.2) is 0 Å². The Morgan fingerprint density at radius 1 is 1.22 bits per heavy atom. The second-order valence-electron chi connectivity index (χ2n) is 5.16. The monoisotopic (exact) mass is 334 g/mol. The summed E-state index contributed by atoms with van der Waals surface area (Å²) in [5.41, 5.74) is 1.41. The third kappa shape index (κ3) is 5.03. The molecule has 0 spiro atoms. The second kappa shape index (κ2) is 7.69. The predicted octanol–water partition coefficient (Wildman–Crippen LogP) is 4.02. The number of amides is 2. The molecule has 1 heterocycles. The fraction of sp³-hybridized carbons (Fsp3) is 0.250. The Morgan fingerprint density at radius 2 is 1.96 bits per heavy atom. The molecule has 0 aliphatic carbocycles. The van der Waals surface area contributed by atoms with Gasteiger partial charge in [-0.2, -0.15) is 0 Å². The highest BCUT2D eigenvalue weighted by Gasteiger charge is 2.05. The fourth-order valence-corrected chi connectivity index (χ4v) is 2.12. The summed E-state index contributed by atoms with van der Waals surface area (Å²) in [5, 5.41) is 9.10. The fourth-order valence-electron chi connectivity index (χ4n) is 1.86. The Morgan fingerprint density at radius 3 is 2.52 bits per heavy atom. The molecular formula is C16H19ClN4O2. The molecule has 2 rings (SSSR count). The highest BCUT2D eigenvalue weighted by atomic mass is 35.5. The van der Waals surface area contributed by atoms with Gasteiger partial charge in [-0.3, -0.25) is 0 Å². The zero-order valence-electron chi connectivity index (χ0n) is 13.2. The van der Waals surface area contributed by atoms with Gasteiger partial charge in [-0.1, -0.05) is 11.6 Å². The average molecular weight is 335 g/mol. The Hall–Kier alpha value is -2.47. The van der Waals surface area contributed by atoms with Crippen molar-refractivity contribution in [2.24, 2.45) is 0 Å². The van der Waals surface area contributed by atoms with Crippen LogP contribution in [-0.4, -0.2) is 24.2 Å². The van der Waals surface area contributed by atoms with Crippen LogP contribution in [0, 0.1) is 0 Å². The minimum Gasteiger partial charge on any atom is -0.495 e. The van der Waals surface area contributed by atoms with Gasteiger partial charge >= 0.3 is 6.03 Å². The molecule has 0 radical (unpaired) electrons. The molecule has 1 aromatic heterocycles. The molecule has 0 atom stereocenters. The molecule has 0 bridgehead atoms. The van der Waals surface area contributed by atoms with Crippen molar-refractivity contribution in [3.8, 4) is 5.75 Å². The number of anilines is 3. The molecule has 0 unspecified atom stereocenters. The van der Waals surface area contributed by atoms with Crippen molar-refractivity contribution in [1.82, 2.24) is 10.3 Å². The number of pyridine rings is 1. The first kappa shape index (κ1) is 16.9. The van der Waals surface area contributed by atoms with Crippen molar-refractivity contribution in [3.63, 3.8) is 0 Å². The summed E-state index contributed by atoms with van der Waals surface area (Å²) in [5.74, 6) is 1.25. The highest BCUT2D eigenvalue weighted by molar-refractivity contribution is 6.32. The van der Waals surface area contributed by atoms with E-state index in [2.05, 4.69) is 20.9 Å². The molecular weight excluding hydrogens is 316 g/mol. The van der Waals surface area contributed by atoms with Gasteiger partial charge in [0.25, 0.3) is 0 Å². The van der Waals surface area contributed by atoms with Crippen molar-refractivity contribution < 1.29 is 9.53 Å². The summed E-state index contributed by atoms with van der Waals surface area (Å²) in [6, 6.07) is 8.72. The number of methoxy groups -OCH3 is 1. The third-order valence-corrected chi connectivity index (χ3v) is 3.16. The van der Waals surface area contributed by atoms with E-state index in [4.69, 9.17) is 16.3 Å². The summed E-state index contributed by atoms with van der Waals surface area (Å²) < 4.78 is 5.11. The topological polar surface area (TPSA) is 75.3 Å². The molecule has 0 saturated carbocycles. The van der Waals surface area contributed by atoms with E-state index < -0.39 is 0 Å². The Balaban J connectivity index is 2.00. The van der Waals surface area contributed by atoms with Gasteiger partial charge in [0.1, 0.15) is 11.6 Å². The molecule has 0 aliphatic heterocycles. The molecule has 0 aliphatic rings. The maximum atomic E-state index is 11.6. The lowest BCUT2D eigenvalue weighted by Gasteiger charge is -2.11.